The van der Waals surface area contributed by atoms with Gasteiger partial charge in [-0.05, 0) is 24.3 Å². The first-order valence-electron chi connectivity index (χ1n) is 4.32. The number of halogens is 1. The standard InChI is InChI=1S/C11H8FN2S/c1-8(12)7-9-3-4-10(15-9)11-13-5-2-6-14-11/h2-7H,1H2/b8-7+. The summed E-state index contributed by atoms with van der Waals surface area (Å²) in [5.74, 6) is 0.212. The highest BCUT2D eigenvalue weighted by molar-refractivity contribution is 7.16. The molecule has 0 aliphatic rings. The molecule has 75 valence electrons. The van der Waals surface area contributed by atoms with Crippen LogP contribution in [0.15, 0.2) is 36.4 Å². The van der Waals surface area contributed by atoms with E-state index in [1.165, 1.54) is 17.4 Å². The van der Waals surface area contributed by atoms with E-state index in [0.717, 1.165) is 9.75 Å². The maximum Gasteiger partial charge on any atom is 0.169 e. The van der Waals surface area contributed by atoms with Gasteiger partial charge in [0, 0.05) is 24.2 Å². The molecule has 2 nitrogen and oxygen atoms in total. The van der Waals surface area contributed by atoms with Crippen LogP contribution in [-0.2, 0) is 0 Å². The third kappa shape index (κ3) is 2.47. The Morgan fingerprint density at radius 3 is 2.73 bits per heavy atom. The molecule has 0 bridgehead atoms. The molecule has 0 unspecified atom stereocenters. The number of thiophene rings is 1. The average Bonchev–Trinajstić information content (AvgIpc) is 2.67. The minimum absolute atomic E-state index is 0.447. The smallest absolute Gasteiger partial charge is 0.169 e. The van der Waals surface area contributed by atoms with Crippen molar-refractivity contribution in [2.24, 2.45) is 0 Å². The maximum atomic E-state index is 12.5. The van der Waals surface area contributed by atoms with Crippen LogP contribution in [0.4, 0.5) is 4.39 Å². The molecular weight excluding hydrogens is 211 g/mol. The zero-order chi connectivity index (χ0) is 10.7. The average molecular weight is 219 g/mol. The van der Waals surface area contributed by atoms with Gasteiger partial charge >= 0.3 is 0 Å². The van der Waals surface area contributed by atoms with Gasteiger partial charge in [-0.1, -0.05) is 0 Å². The lowest BCUT2D eigenvalue weighted by Crippen LogP contribution is -1.81. The van der Waals surface area contributed by atoms with Crippen molar-refractivity contribution in [1.29, 1.82) is 0 Å². The Labute approximate surface area is 91.1 Å². The molecule has 0 atom stereocenters. The summed E-state index contributed by atoms with van der Waals surface area (Å²) in [4.78, 5) is 9.95. The summed E-state index contributed by atoms with van der Waals surface area (Å²) in [5.41, 5.74) is 0. The van der Waals surface area contributed by atoms with E-state index in [1.807, 2.05) is 12.1 Å². The van der Waals surface area contributed by atoms with Crippen molar-refractivity contribution in [3.63, 3.8) is 0 Å². The molecule has 0 spiro atoms. The predicted octanol–water partition coefficient (Wildman–Crippen LogP) is 3.35. The van der Waals surface area contributed by atoms with Crippen LogP contribution in [0.1, 0.15) is 4.88 Å². The quantitative estimate of drug-likeness (QED) is 0.774. The summed E-state index contributed by atoms with van der Waals surface area (Å²) >= 11 is 1.43. The third-order valence-electron chi connectivity index (χ3n) is 1.71. The lowest BCUT2D eigenvalue weighted by Gasteiger charge is -1.91. The molecule has 2 rings (SSSR count). The van der Waals surface area contributed by atoms with E-state index in [9.17, 15) is 4.39 Å². The summed E-state index contributed by atoms with van der Waals surface area (Å²) in [7, 11) is 0. The van der Waals surface area contributed by atoms with Crippen LogP contribution >= 0.6 is 11.3 Å². The van der Waals surface area contributed by atoms with E-state index >= 15 is 0 Å². The van der Waals surface area contributed by atoms with E-state index in [-0.39, 0.29) is 0 Å². The summed E-state index contributed by atoms with van der Waals surface area (Å²) in [6.45, 7) is 3.19. The van der Waals surface area contributed by atoms with Gasteiger partial charge in [-0.15, -0.1) is 11.3 Å². The first-order valence-corrected chi connectivity index (χ1v) is 5.14. The predicted molar refractivity (Wildman–Crippen MR) is 59.8 cm³/mol. The van der Waals surface area contributed by atoms with E-state index < -0.39 is 5.83 Å². The Bertz CT molecular complexity index is 472. The molecule has 2 aromatic heterocycles. The second-order valence-electron chi connectivity index (χ2n) is 2.87. The SMILES string of the molecule is [CH2]/C(F)=C\c1ccc(-c2ncccn2)s1. The molecule has 0 aromatic carbocycles. The maximum absolute atomic E-state index is 12.5. The number of aromatic nitrogens is 2. The molecule has 0 saturated heterocycles. The van der Waals surface area contributed by atoms with Gasteiger partial charge in [0.15, 0.2) is 5.82 Å². The first-order chi connectivity index (χ1) is 7.25. The summed E-state index contributed by atoms with van der Waals surface area (Å²) < 4.78 is 12.5. The molecule has 0 fully saturated rings. The number of hydrogen-bond acceptors (Lipinski definition) is 3. The number of allylic oxidation sites excluding steroid dienone is 1. The second kappa shape index (κ2) is 4.31. The third-order valence-corrected chi connectivity index (χ3v) is 2.74. The van der Waals surface area contributed by atoms with Gasteiger partial charge in [-0.2, -0.15) is 0 Å². The lowest BCUT2D eigenvalue weighted by atomic mass is 10.4. The molecule has 1 radical (unpaired) electrons. The summed E-state index contributed by atoms with van der Waals surface area (Å²) in [6.07, 6.45) is 4.75. The van der Waals surface area contributed by atoms with Crippen molar-refractivity contribution in [2.45, 2.75) is 0 Å². The Morgan fingerprint density at radius 2 is 2.07 bits per heavy atom. The summed E-state index contributed by atoms with van der Waals surface area (Å²) in [5, 5.41) is 0. The highest BCUT2D eigenvalue weighted by Crippen LogP contribution is 2.26. The monoisotopic (exact) mass is 219 g/mol. The molecule has 0 aliphatic heterocycles. The van der Waals surface area contributed by atoms with Gasteiger partial charge in [0.2, 0.25) is 0 Å². The van der Waals surface area contributed by atoms with Gasteiger partial charge in [0.1, 0.15) is 5.83 Å². The van der Waals surface area contributed by atoms with Crippen LogP contribution in [0.2, 0.25) is 0 Å². The minimum Gasteiger partial charge on any atom is -0.236 e. The van der Waals surface area contributed by atoms with Gasteiger partial charge in [-0.3, -0.25) is 0 Å². The van der Waals surface area contributed by atoms with Crippen LogP contribution in [0.25, 0.3) is 16.8 Å². The number of nitrogens with zero attached hydrogens (tertiary/aromatic N) is 2. The normalized spacial score (nSPS) is 11.7. The van der Waals surface area contributed by atoms with Gasteiger partial charge in [0.25, 0.3) is 0 Å². The van der Waals surface area contributed by atoms with E-state index in [2.05, 4.69) is 16.9 Å². The van der Waals surface area contributed by atoms with Crippen molar-refractivity contribution in [3.8, 4) is 10.7 Å². The molecule has 0 amide bonds. The second-order valence-corrected chi connectivity index (χ2v) is 3.98. The number of hydrogen-bond donors (Lipinski definition) is 0. The van der Waals surface area contributed by atoms with E-state index in [4.69, 9.17) is 0 Å². The Hall–Kier alpha value is -1.55. The minimum atomic E-state index is -0.447. The van der Waals surface area contributed by atoms with Crippen molar-refractivity contribution in [3.05, 3.63) is 48.2 Å². The fraction of sp³-hybridized carbons (Fsp3) is 0. The molecule has 0 N–H and O–H groups in total. The van der Waals surface area contributed by atoms with E-state index in [1.54, 1.807) is 18.5 Å². The highest BCUT2D eigenvalue weighted by atomic mass is 32.1. The Balaban J connectivity index is 2.32. The van der Waals surface area contributed by atoms with Gasteiger partial charge in [-0.25, -0.2) is 14.4 Å². The zero-order valence-corrected chi connectivity index (χ0v) is 8.67. The van der Waals surface area contributed by atoms with Crippen LogP contribution in [-0.4, -0.2) is 9.97 Å². The largest absolute Gasteiger partial charge is 0.236 e. The van der Waals surface area contributed by atoms with E-state index in [0.29, 0.717) is 5.82 Å². The van der Waals surface area contributed by atoms with Crippen LogP contribution in [0, 0.1) is 6.92 Å². The van der Waals surface area contributed by atoms with Crippen LogP contribution in [0.5, 0.6) is 0 Å². The molecule has 15 heavy (non-hydrogen) atoms. The lowest BCUT2D eigenvalue weighted by molar-refractivity contribution is 0.673. The molecule has 0 saturated carbocycles. The van der Waals surface area contributed by atoms with Gasteiger partial charge in [0.05, 0.1) is 4.88 Å². The highest BCUT2D eigenvalue weighted by Gasteiger charge is 2.03. The van der Waals surface area contributed by atoms with Crippen molar-refractivity contribution in [2.75, 3.05) is 0 Å². The zero-order valence-electron chi connectivity index (χ0n) is 7.85. The summed E-state index contributed by atoms with van der Waals surface area (Å²) in [6, 6.07) is 5.45. The van der Waals surface area contributed by atoms with Crippen molar-refractivity contribution >= 4 is 17.4 Å². The fourth-order valence-electron chi connectivity index (χ4n) is 1.13. The number of rotatable bonds is 2. The fourth-order valence-corrected chi connectivity index (χ4v) is 2.04. The Morgan fingerprint density at radius 1 is 1.33 bits per heavy atom. The first kappa shape index (κ1) is 9.98. The Kier molecular flexibility index (Phi) is 2.87. The molecule has 4 heteroatoms. The van der Waals surface area contributed by atoms with Gasteiger partial charge < -0.3 is 0 Å². The van der Waals surface area contributed by atoms with Crippen molar-refractivity contribution < 1.29 is 4.39 Å². The topological polar surface area (TPSA) is 25.8 Å². The molecule has 0 aliphatic carbocycles. The molecule has 2 heterocycles. The molecular formula is C11H8FN2S. The van der Waals surface area contributed by atoms with Crippen LogP contribution in [0.3, 0.4) is 0 Å². The van der Waals surface area contributed by atoms with Crippen molar-refractivity contribution in [1.82, 2.24) is 9.97 Å². The molecule has 2 aromatic rings. The van der Waals surface area contributed by atoms with Crippen LogP contribution < -0.4 is 0 Å².